The third-order valence-electron chi connectivity index (χ3n) is 5.99. The largest absolute Gasteiger partial charge is 0.464 e. The van der Waals surface area contributed by atoms with Gasteiger partial charge >= 0.3 is 0 Å². The average molecular weight is 473 g/mol. The molecule has 4 aromatic rings. The van der Waals surface area contributed by atoms with E-state index in [1.54, 1.807) is 12.1 Å². The molecule has 5 heteroatoms. The Hall–Kier alpha value is -3.18. The van der Waals surface area contributed by atoms with Crippen LogP contribution in [0.4, 0.5) is 4.39 Å². The number of halogens is 2. The first-order valence-electron chi connectivity index (χ1n) is 10.2. The van der Waals surface area contributed by atoms with E-state index in [9.17, 15) is 4.39 Å². The summed E-state index contributed by atoms with van der Waals surface area (Å²) < 4.78 is 20.9. The number of nitrogens with zero attached hydrogens (tertiary/aromatic N) is 2. The average Bonchev–Trinajstić information content (AvgIpc) is 3.25. The number of benzene rings is 4. The summed E-state index contributed by atoms with van der Waals surface area (Å²) in [5.74, 6) is 0.580. The van der Waals surface area contributed by atoms with Crippen LogP contribution in [-0.2, 0) is 0 Å². The highest BCUT2D eigenvalue weighted by Crippen LogP contribution is 2.48. The summed E-state index contributed by atoms with van der Waals surface area (Å²) in [6.07, 6.45) is 0.375. The van der Waals surface area contributed by atoms with Crippen LogP contribution in [0.15, 0.2) is 94.5 Å². The zero-order valence-corrected chi connectivity index (χ0v) is 18.1. The maximum absolute atomic E-state index is 13.5. The van der Waals surface area contributed by atoms with Crippen LogP contribution >= 0.6 is 15.9 Å². The molecular formula is C26H18BrFN2O. The van der Waals surface area contributed by atoms with Crippen LogP contribution in [0.1, 0.15) is 35.4 Å². The first-order chi connectivity index (χ1) is 15.2. The molecule has 0 amide bonds. The van der Waals surface area contributed by atoms with Gasteiger partial charge < -0.3 is 4.74 Å². The lowest BCUT2D eigenvalue weighted by Gasteiger charge is -2.38. The second kappa shape index (κ2) is 7.20. The Morgan fingerprint density at radius 3 is 2.55 bits per heavy atom. The molecule has 152 valence electrons. The number of rotatable bonds is 2. The first kappa shape index (κ1) is 18.6. The molecule has 0 fully saturated rings. The lowest BCUT2D eigenvalue weighted by molar-refractivity contribution is -0.0191. The van der Waals surface area contributed by atoms with Gasteiger partial charge in [-0.2, -0.15) is 5.10 Å². The molecule has 2 heterocycles. The van der Waals surface area contributed by atoms with Crippen molar-refractivity contribution < 1.29 is 9.13 Å². The van der Waals surface area contributed by atoms with Crippen molar-refractivity contribution in [2.75, 3.05) is 0 Å². The van der Waals surface area contributed by atoms with E-state index in [-0.39, 0.29) is 11.9 Å². The van der Waals surface area contributed by atoms with Crippen molar-refractivity contribution in [2.24, 2.45) is 5.10 Å². The predicted molar refractivity (Wildman–Crippen MR) is 124 cm³/mol. The zero-order chi connectivity index (χ0) is 20.9. The fraction of sp³-hybridized carbons (Fsp3) is 0.115. The molecular weight excluding hydrogens is 455 g/mol. The highest BCUT2D eigenvalue weighted by molar-refractivity contribution is 9.10. The monoisotopic (exact) mass is 472 g/mol. The predicted octanol–water partition coefficient (Wildman–Crippen LogP) is 6.98. The fourth-order valence-electron chi connectivity index (χ4n) is 4.45. The van der Waals surface area contributed by atoms with Crippen molar-refractivity contribution in [1.29, 1.82) is 0 Å². The van der Waals surface area contributed by atoms with E-state index in [1.165, 1.54) is 22.9 Å². The molecule has 0 radical (unpaired) electrons. The van der Waals surface area contributed by atoms with E-state index < -0.39 is 6.23 Å². The van der Waals surface area contributed by atoms with E-state index in [4.69, 9.17) is 9.84 Å². The van der Waals surface area contributed by atoms with Crippen LogP contribution in [0.25, 0.3) is 10.8 Å². The van der Waals surface area contributed by atoms with Gasteiger partial charge in [0.05, 0.1) is 11.8 Å². The minimum Gasteiger partial charge on any atom is -0.464 e. The molecule has 2 atom stereocenters. The van der Waals surface area contributed by atoms with Gasteiger partial charge in [-0.25, -0.2) is 9.40 Å². The lowest BCUT2D eigenvalue weighted by atomic mass is 9.95. The molecule has 2 aliphatic rings. The summed E-state index contributed by atoms with van der Waals surface area (Å²) >= 11 is 3.59. The Labute approximate surface area is 187 Å². The van der Waals surface area contributed by atoms with E-state index in [1.807, 2.05) is 17.1 Å². The highest BCUT2D eigenvalue weighted by atomic mass is 79.9. The molecule has 31 heavy (non-hydrogen) atoms. The summed E-state index contributed by atoms with van der Waals surface area (Å²) in [6, 6.07) is 27.4. The van der Waals surface area contributed by atoms with Crippen LogP contribution < -0.4 is 4.74 Å². The van der Waals surface area contributed by atoms with Crippen LogP contribution in [0.2, 0.25) is 0 Å². The lowest BCUT2D eigenvalue weighted by Crippen LogP contribution is -2.33. The van der Waals surface area contributed by atoms with Crippen molar-refractivity contribution in [3.63, 3.8) is 0 Å². The Kier molecular flexibility index (Phi) is 4.32. The van der Waals surface area contributed by atoms with Gasteiger partial charge in [-0.05, 0) is 52.7 Å². The summed E-state index contributed by atoms with van der Waals surface area (Å²) in [4.78, 5) is 0. The van der Waals surface area contributed by atoms with Crippen molar-refractivity contribution >= 4 is 32.4 Å². The van der Waals surface area contributed by atoms with E-state index in [0.29, 0.717) is 0 Å². The number of hydrogen-bond donors (Lipinski definition) is 0. The molecule has 6 rings (SSSR count). The van der Waals surface area contributed by atoms with Crippen molar-refractivity contribution in [2.45, 2.75) is 18.7 Å². The maximum Gasteiger partial charge on any atom is 0.213 e. The minimum absolute atomic E-state index is 0.0535. The molecule has 0 spiro atoms. The third-order valence-corrected chi connectivity index (χ3v) is 6.48. The zero-order valence-electron chi connectivity index (χ0n) is 16.5. The van der Waals surface area contributed by atoms with Crippen LogP contribution in [0.3, 0.4) is 0 Å². The van der Waals surface area contributed by atoms with Crippen LogP contribution in [-0.4, -0.2) is 10.7 Å². The third kappa shape index (κ3) is 3.20. The first-order valence-corrected chi connectivity index (χ1v) is 11.0. The van der Waals surface area contributed by atoms with Gasteiger partial charge in [0.2, 0.25) is 6.23 Å². The summed E-state index contributed by atoms with van der Waals surface area (Å²) in [7, 11) is 0. The van der Waals surface area contributed by atoms with Gasteiger partial charge in [0, 0.05) is 22.0 Å². The maximum atomic E-state index is 13.5. The van der Waals surface area contributed by atoms with Crippen molar-refractivity contribution in [3.8, 4) is 5.75 Å². The molecule has 0 unspecified atom stereocenters. The highest BCUT2D eigenvalue weighted by Gasteiger charge is 2.41. The number of fused-ring (bicyclic) bond motifs is 4. The van der Waals surface area contributed by atoms with E-state index >= 15 is 0 Å². The van der Waals surface area contributed by atoms with E-state index in [2.05, 4.69) is 64.5 Å². The van der Waals surface area contributed by atoms with Crippen LogP contribution in [0, 0.1) is 5.82 Å². The quantitative estimate of drug-likeness (QED) is 0.314. The minimum atomic E-state index is -0.405. The van der Waals surface area contributed by atoms with Gasteiger partial charge in [-0.15, -0.1) is 0 Å². The smallest absolute Gasteiger partial charge is 0.213 e. The number of hydrogen-bond acceptors (Lipinski definition) is 3. The SMILES string of the molecule is Fc1ccc([C@@H]2Oc3ccc(Br)cc3[C@@H]3CC(c4ccc5ccccc5c4)=NN32)cc1. The Bertz CT molecular complexity index is 1340. The second-order valence-electron chi connectivity index (χ2n) is 7.91. The molecule has 2 aliphatic heterocycles. The molecule has 0 aromatic heterocycles. The summed E-state index contributed by atoms with van der Waals surface area (Å²) in [5.41, 5.74) is 4.12. The Morgan fingerprint density at radius 1 is 0.903 bits per heavy atom. The van der Waals surface area contributed by atoms with Gasteiger partial charge in [0.15, 0.2) is 0 Å². The summed E-state index contributed by atoms with van der Waals surface area (Å²) in [6.45, 7) is 0. The number of hydrazone groups is 1. The second-order valence-corrected chi connectivity index (χ2v) is 8.83. The molecule has 0 bridgehead atoms. The normalized spacial score (nSPS) is 19.5. The molecule has 0 aliphatic carbocycles. The van der Waals surface area contributed by atoms with Crippen LogP contribution in [0.5, 0.6) is 5.75 Å². The van der Waals surface area contributed by atoms with E-state index in [0.717, 1.165) is 39.0 Å². The van der Waals surface area contributed by atoms with Gasteiger partial charge in [-0.3, -0.25) is 0 Å². The standard InChI is InChI=1S/C26H18BrFN2O/c27-20-9-12-25-22(14-20)24-15-23(19-6-5-16-3-1-2-4-18(16)13-19)29-30(24)26(31-25)17-7-10-21(28)11-8-17/h1-14,24,26H,15H2/t24-,26-/m0/s1. The molecule has 4 aromatic carbocycles. The Balaban J connectivity index is 1.45. The molecule has 0 N–H and O–H groups in total. The van der Waals surface area contributed by atoms with Crippen molar-refractivity contribution in [1.82, 2.24) is 5.01 Å². The number of ether oxygens (including phenoxy) is 1. The molecule has 0 saturated heterocycles. The van der Waals surface area contributed by atoms with Gasteiger partial charge in [-0.1, -0.05) is 64.5 Å². The van der Waals surface area contributed by atoms with Gasteiger partial charge in [0.1, 0.15) is 11.6 Å². The molecule has 0 saturated carbocycles. The van der Waals surface area contributed by atoms with Crippen molar-refractivity contribution in [3.05, 3.63) is 112 Å². The summed E-state index contributed by atoms with van der Waals surface area (Å²) in [5, 5.41) is 9.44. The fourth-order valence-corrected chi connectivity index (χ4v) is 4.83. The topological polar surface area (TPSA) is 24.8 Å². The van der Waals surface area contributed by atoms with Gasteiger partial charge in [0.25, 0.3) is 0 Å². The Morgan fingerprint density at radius 2 is 1.71 bits per heavy atom. The molecule has 3 nitrogen and oxygen atoms in total.